The van der Waals surface area contributed by atoms with E-state index in [1.165, 1.54) is 16.7 Å². The van der Waals surface area contributed by atoms with Crippen LogP contribution < -0.4 is 5.32 Å². The van der Waals surface area contributed by atoms with Crippen molar-refractivity contribution in [3.8, 4) is 0 Å². The Hall–Kier alpha value is -3.40. The number of hydrogen-bond donors (Lipinski definition) is 1. The van der Waals surface area contributed by atoms with Crippen LogP contribution in [0.4, 0.5) is 0 Å². The number of nitrogens with zero attached hydrogens (tertiary/aromatic N) is 1. The van der Waals surface area contributed by atoms with E-state index in [9.17, 15) is 9.59 Å². The number of hydrogen-bond acceptors (Lipinski definition) is 2. The summed E-state index contributed by atoms with van der Waals surface area (Å²) in [5.74, 6) is -0.136. The predicted molar refractivity (Wildman–Crippen MR) is 143 cm³/mol. The molecule has 0 heterocycles. The number of unbranched alkanes of at least 4 members (excludes halogenated alkanes) is 1. The van der Waals surface area contributed by atoms with E-state index in [4.69, 9.17) is 0 Å². The fourth-order valence-electron chi connectivity index (χ4n) is 4.14. The molecule has 3 rings (SSSR count). The lowest BCUT2D eigenvalue weighted by Crippen LogP contribution is -2.51. The molecule has 0 saturated heterocycles. The molecule has 0 radical (unpaired) electrons. The quantitative estimate of drug-likeness (QED) is 0.365. The summed E-state index contributed by atoms with van der Waals surface area (Å²) in [7, 11) is 0. The fourth-order valence-corrected chi connectivity index (χ4v) is 4.14. The van der Waals surface area contributed by atoms with Crippen molar-refractivity contribution in [2.45, 2.75) is 66.0 Å². The zero-order valence-corrected chi connectivity index (χ0v) is 21.5. The summed E-state index contributed by atoms with van der Waals surface area (Å²) in [6.07, 6.45) is 2.66. The van der Waals surface area contributed by atoms with Gasteiger partial charge in [0.1, 0.15) is 6.04 Å². The highest BCUT2D eigenvalue weighted by Gasteiger charge is 2.30. The van der Waals surface area contributed by atoms with Gasteiger partial charge in [-0.15, -0.1) is 0 Å². The van der Waals surface area contributed by atoms with E-state index in [2.05, 4.69) is 50.4 Å². The van der Waals surface area contributed by atoms with Crippen molar-refractivity contribution in [1.29, 1.82) is 0 Å². The molecule has 0 spiro atoms. The zero-order chi connectivity index (χ0) is 25.2. The van der Waals surface area contributed by atoms with Gasteiger partial charge in [0, 0.05) is 19.5 Å². The van der Waals surface area contributed by atoms with Crippen molar-refractivity contribution in [1.82, 2.24) is 10.2 Å². The van der Waals surface area contributed by atoms with Crippen molar-refractivity contribution in [2.75, 3.05) is 6.54 Å². The predicted octanol–water partition coefficient (Wildman–Crippen LogP) is 5.71. The molecule has 3 aromatic rings. The van der Waals surface area contributed by atoms with Gasteiger partial charge in [0.15, 0.2) is 0 Å². The van der Waals surface area contributed by atoms with Crippen LogP contribution in [0.3, 0.4) is 0 Å². The fraction of sp³-hybridized carbons (Fsp3) is 0.355. The van der Waals surface area contributed by atoms with E-state index in [-0.39, 0.29) is 18.2 Å². The van der Waals surface area contributed by atoms with Gasteiger partial charge in [0.05, 0.1) is 6.42 Å². The van der Waals surface area contributed by atoms with Gasteiger partial charge in [0.2, 0.25) is 11.8 Å². The Morgan fingerprint density at radius 1 is 0.829 bits per heavy atom. The summed E-state index contributed by atoms with van der Waals surface area (Å²) >= 11 is 0. The van der Waals surface area contributed by atoms with Gasteiger partial charge in [-0.3, -0.25) is 9.59 Å². The zero-order valence-electron chi connectivity index (χ0n) is 21.5. The van der Waals surface area contributed by atoms with Gasteiger partial charge in [0.25, 0.3) is 0 Å². The Morgan fingerprint density at radius 2 is 1.51 bits per heavy atom. The van der Waals surface area contributed by atoms with Gasteiger partial charge < -0.3 is 10.2 Å². The van der Waals surface area contributed by atoms with Crippen molar-refractivity contribution >= 4 is 11.8 Å². The second-order valence-corrected chi connectivity index (χ2v) is 9.45. The average Bonchev–Trinajstić information content (AvgIpc) is 2.85. The molecular formula is C31H38N2O2. The van der Waals surface area contributed by atoms with E-state index >= 15 is 0 Å². The molecule has 4 nitrogen and oxygen atoms in total. The summed E-state index contributed by atoms with van der Waals surface area (Å²) in [6, 6.07) is 23.7. The molecule has 1 atom stereocenters. The molecule has 0 aliphatic rings. The maximum Gasteiger partial charge on any atom is 0.243 e. The average molecular weight is 471 g/mol. The molecule has 35 heavy (non-hydrogen) atoms. The van der Waals surface area contributed by atoms with Gasteiger partial charge in [-0.05, 0) is 55.0 Å². The van der Waals surface area contributed by atoms with E-state index in [1.54, 1.807) is 4.90 Å². The van der Waals surface area contributed by atoms with E-state index in [1.807, 2.05) is 55.5 Å². The van der Waals surface area contributed by atoms with Crippen LogP contribution in [0.5, 0.6) is 0 Å². The highest BCUT2D eigenvalue weighted by molar-refractivity contribution is 5.88. The Morgan fingerprint density at radius 3 is 2.17 bits per heavy atom. The highest BCUT2D eigenvalue weighted by Crippen LogP contribution is 2.18. The van der Waals surface area contributed by atoms with Crippen molar-refractivity contribution < 1.29 is 9.59 Å². The van der Waals surface area contributed by atoms with Crippen molar-refractivity contribution in [2.24, 2.45) is 0 Å². The van der Waals surface area contributed by atoms with Crippen LogP contribution >= 0.6 is 0 Å². The molecule has 3 aromatic carbocycles. The summed E-state index contributed by atoms with van der Waals surface area (Å²) in [5.41, 5.74) is 6.56. The third-order valence-electron chi connectivity index (χ3n) is 6.50. The largest absolute Gasteiger partial charge is 0.354 e. The van der Waals surface area contributed by atoms with E-state index in [0.717, 1.165) is 29.5 Å². The molecule has 1 N–H and O–H groups in total. The number of benzene rings is 3. The first-order valence-electron chi connectivity index (χ1n) is 12.6. The summed E-state index contributed by atoms with van der Waals surface area (Å²) < 4.78 is 0. The number of rotatable bonds is 11. The van der Waals surface area contributed by atoms with Gasteiger partial charge in [-0.2, -0.15) is 0 Å². The minimum atomic E-state index is -0.588. The van der Waals surface area contributed by atoms with Gasteiger partial charge in [-0.25, -0.2) is 0 Å². The highest BCUT2D eigenvalue weighted by atomic mass is 16.2. The third-order valence-corrected chi connectivity index (χ3v) is 6.50. The standard InChI is InChI=1S/C31H38N2O2/c1-5-6-18-32-31(35)29(20-26-10-8-7-9-11-26)33(22-27-15-12-23(2)13-16-27)30(34)21-28-17-14-24(3)25(4)19-28/h7-17,19,29H,5-6,18,20-22H2,1-4H3,(H,32,35)/t29-/m1/s1. The minimum Gasteiger partial charge on any atom is -0.354 e. The second kappa shape index (κ2) is 12.9. The molecule has 184 valence electrons. The maximum absolute atomic E-state index is 13.8. The molecule has 0 unspecified atom stereocenters. The van der Waals surface area contributed by atoms with E-state index < -0.39 is 6.04 Å². The third kappa shape index (κ3) is 7.81. The number of aryl methyl sites for hydroxylation is 3. The topological polar surface area (TPSA) is 49.4 Å². The summed E-state index contributed by atoms with van der Waals surface area (Å²) in [6.45, 7) is 9.29. The van der Waals surface area contributed by atoms with Gasteiger partial charge in [-0.1, -0.05) is 91.7 Å². The molecule has 0 aromatic heterocycles. The first-order valence-corrected chi connectivity index (χ1v) is 12.6. The smallest absolute Gasteiger partial charge is 0.243 e. The van der Waals surface area contributed by atoms with Crippen LogP contribution in [-0.2, 0) is 29.0 Å². The van der Waals surface area contributed by atoms with Gasteiger partial charge >= 0.3 is 0 Å². The van der Waals surface area contributed by atoms with Crippen molar-refractivity contribution in [3.05, 3.63) is 106 Å². The summed E-state index contributed by atoms with van der Waals surface area (Å²) in [4.78, 5) is 29.0. The monoisotopic (exact) mass is 470 g/mol. The normalized spacial score (nSPS) is 11.7. The van der Waals surface area contributed by atoms with Crippen molar-refractivity contribution in [3.63, 3.8) is 0 Å². The Labute approximate surface area is 210 Å². The molecule has 0 bridgehead atoms. The molecule has 0 saturated carbocycles. The molecule has 0 aliphatic carbocycles. The lowest BCUT2D eigenvalue weighted by molar-refractivity contribution is -0.140. The van der Waals surface area contributed by atoms with Crippen LogP contribution in [-0.4, -0.2) is 29.3 Å². The lowest BCUT2D eigenvalue weighted by Gasteiger charge is -2.32. The number of carbonyl (C=O) groups is 2. The van der Waals surface area contributed by atoms with Crippen LogP contribution in [0, 0.1) is 20.8 Å². The first-order chi connectivity index (χ1) is 16.9. The second-order valence-electron chi connectivity index (χ2n) is 9.45. The van der Waals surface area contributed by atoms with E-state index in [0.29, 0.717) is 19.5 Å². The van der Waals surface area contributed by atoms with Crippen LogP contribution in [0.1, 0.15) is 53.1 Å². The Kier molecular flexibility index (Phi) is 9.66. The number of amides is 2. The number of carbonyl (C=O) groups excluding carboxylic acids is 2. The molecule has 0 aliphatic heterocycles. The maximum atomic E-state index is 13.8. The lowest BCUT2D eigenvalue weighted by atomic mass is 10.00. The summed E-state index contributed by atoms with van der Waals surface area (Å²) in [5, 5.41) is 3.08. The first kappa shape index (κ1) is 26.2. The minimum absolute atomic E-state index is 0.0413. The SMILES string of the molecule is CCCCNC(=O)[C@@H](Cc1ccccc1)N(Cc1ccc(C)cc1)C(=O)Cc1ccc(C)c(C)c1. The molecule has 0 fully saturated rings. The Bertz CT molecular complexity index is 1110. The molecule has 2 amide bonds. The molecule has 4 heteroatoms. The van der Waals surface area contributed by atoms with Crippen LogP contribution in [0.25, 0.3) is 0 Å². The molecular weight excluding hydrogens is 432 g/mol. The Balaban J connectivity index is 1.94. The number of nitrogens with one attached hydrogen (secondary N) is 1. The van der Waals surface area contributed by atoms with Crippen LogP contribution in [0.15, 0.2) is 72.8 Å². The van der Waals surface area contributed by atoms with Crippen LogP contribution in [0.2, 0.25) is 0 Å².